The van der Waals surface area contributed by atoms with Crippen LogP contribution in [0.2, 0.25) is 0 Å². The summed E-state index contributed by atoms with van der Waals surface area (Å²) in [5, 5.41) is 3.74. The molecule has 0 saturated heterocycles. The summed E-state index contributed by atoms with van der Waals surface area (Å²) in [6.07, 6.45) is 0. The van der Waals surface area contributed by atoms with Crippen molar-refractivity contribution < 1.29 is 12.4 Å². The molecule has 0 bridgehead atoms. The fraction of sp³-hybridized carbons (Fsp3) is 1.00. The molecule has 0 aromatic rings. The van der Waals surface area contributed by atoms with Gasteiger partial charge in [0.05, 0.1) is 0 Å². The molecule has 0 saturated carbocycles. The topological polar surface area (TPSA) is 14.1 Å². The van der Waals surface area contributed by atoms with E-state index in [2.05, 4.69) is 5.32 Å². The van der Waals surface area contributed by atoms with Crippen LogP contribution < -0.4 is 12.4 Å². The molecule has 0 aromatic heterocycles. The van der Waals surface area contributed by atoms with Crippen LogP contribution in [0, 0.1) is 0 Å². The van der Waals surface area contributed by atoms with Crippen molar-refractivity contribution in [1.29, 1.82) is 0 Å². The molecule has 0 aliphatic heterocycles. The zero-order valence-corrected chi connectivity index (χ0v) is 6.41. The molecule has 0 heterocycles. The average molecular weight is 118 g/mol. The van der Waals surface area contributed by atoms with Gasteiger partial charge in [-0.25, -0.2) is 0 Å². The van der Waals surface area contributed by atoms with Crippen molar-refractivity contribution >= 4 is 23.1 Å². The summed E-state index contributed by atoms with van der Waals surface area (Å²) in [7, 11) is 1.81. The first-order valence-corrected chi connectivity index (χ1v) is 1.47. The second kappa shape index (κ2) is 16.6. The molecule has 6 heavy (non-hydrogen) atoms. The number of halogens is 1. The van der Waals surface area contributed by atoms with Crippen molar-refractivity contribution in [2.45, 2.75) is 6.92 Å². The van der Waals surface area contributed by atoms with E-state index in [1.54, 1.807) is 7.05 Å². The molecule has 3 heteroatoms. The number of rotatable bonds is 1. The molecule has 0 radical (unpaired) electrons. The van der Waals surface area contributed by atoms with Crippen molar-refractivity contribution in [1.82, 2.24) is 0 Å². The standard InChI is InChI=1S/C3H8N.ClH.Mg/c1-3-4-2;;/h3H2,1-2H3;1H;/q-1;;+2/p-1. The molecule has 0 aliphatic rings. The van der Waals surface area contributed by atoms with Gasteiger partial charge in [-0.2, -0.15) is 13.6 Å². The van der Waals surface area contributed by atoms with Gasteiger partial charge in [0.25, 0.3) is 0 Å². The maximum atomic E-state index is 3.74. The molecule has 0 unspecified atom stereocenters. The van der Waals surface area contributed by atoms with E-state index in [4.69, 9.17) is 0 Å². The van der Waals surface area contributed by atoms with E-state index in [1.165, 1.54) is 0 Å². The molecular formula is C3H8ClMgN. The first kappa shape index (κ1) is 15.7. The van der Waals surface area contributed by atoms with E-state index in [0.29, 0.717) is 0 Å². The van der Waals surface area contributed by atoms with Gasteiger partial charge in [0.15, 0.2) is 0 Å². The zero-order valence-electron chi connectivity index (χ0n) is 4.24. The molecule has 0 N–H and O–H groups in total. The smallest absolute Gasteiger partial charge is 1.00 e. The van der Waals surface area contributed by atoms with Crippen LogP contribution in [0.4, 0.5) is 0 Å². The molecular weight excluding hydrogens is 110 g/mol. The van der Waals surface area contributed by atoms with Crippen molar-refractivity contribution in [3.8, 4) is 0 Å². The van der Waals surface area contributed by atoms with Crippen LogP contribution in [0.3, 0.4) is 0 Å². The van der Waals surface area contributed by atoms with Crippen molar-refractivity contribution in [3.05, 3.63) is 5.32 Å². The van der Waals surface area contributed by atoms with Gasteiger partial charge in [-0.1, -0.05) is 6.92 Å². The zero-order chi connectivity index (χ0) is 3.41. The monoisotopic (exact) mass is 117 g/mol. The van der Waals surface area contributed by atoms with Gasteiger partial charge in [-0.15, -0.1) is 0 Å². The van der Waals surface area contributed by atoms with E-state index in [1.807, 2.05) is 6.92 Å². The third-order valence-corrected chi connectivity index (χ3v) is 0.316. The van der Waals surface area contributed by atoms with Gasteiger partial charge >= 0.3 is 23.1 Å². The largest absolute Gasteiger partial charge is 2.00 e. The van der Waals surface area contributed by atoms with Crippen molar-refractivity contribution in [2.75, 3.05) is 13.6 Å². The minimum atomic E-state index is 0. The summed E-state index contributed by atoms with van der Waals surface area (Å²) >= 11 is 0. The predicted octanol–water partition coefficient (Wildman–Crippen LogP) is -2.37. The van der Waals surface area contributed by atoms with Crippen molar-refractivity contribution in [3.63, 3.8) is 0 Å². The van der Waals surface area contributed by atoms with E-state index in [9.17, 15) is 0 Å². The normalized spacial score (nSPS) is 5.00. The van der Waals surface area contributed by atoms with E-state index >= 15 is 0 Å². The fourth-order valence-electron chi connectivity index (χ4n) is 0. The minimum absolute atomic E-state index is 0. The molecule has 0 spiro atoms. The maximum Gasteiger partial charge on any atom is 2.00 e. The van der Waals surface area contributed by atoms with Crippen LogP contribution in [-0.4, -0.2) is 36.6 Å². The molecule has 0 rings (SSSR count). The molecule has 0 atom stereocenters. The van der Waals surface area contributed by atoms with E-state index in [0.717, 1.165) is 6.54 Å². The van der Waals surface area contributed by atoms with Crippen LogP contribution in [-0.2, 0) is 0 Å². The number of hydrogen-bond donors (Lipinski definition) is 0. The molecule has 0 fully saturated rings. The summed E-state index contributed by atoms with van der Waals surface area (Å²) in [6.45, 7) is 2.96. The van der Waals surface area contributed by atoms with Crippen LogP contribution in [0.1, 0.15) is 6.92 Å². The minimum Gasteiger partial charge on any atom is -1.00 e. The first-order valence-electron chi connectivity index (χ1n) is 1.47. The third-order valence-electron chi connectivity index (χ3n) is 0.316. The Kier molecular flexibility index (Phi) is 43.7. The third kappa shape index (κ3) is 19.9. The molecule has 0 amide bonds. The first-order chi connectivity index (χ1) is 1.91. The Balaban J connectivity index is -0.0000000450. The summed E-state index contributed by atoms with van der Waals surface area (Å²) in [5.74, 6) is 0. The van der Waals surface area contributed by atoms with Crippen LogP contribution in [0.15, 0.2) is 0 Å². The van der Waals surface area contributed by atoms with E-state index in [-0.39, 0.29) is 35.5 Å². The molecule has 0 aliphatic carbocycles. The summed E-state index contributed by atoms with van der Waals surface area (Å²) < 4.78 is 0. The average Bonchev–Trinajstić information content (AvgIpc) is 1.37. The summed E-state index contributed by atoms with van der Waals surface area (Å²) in [6, 6.07) is 0. The quantitative estimate of drug-likeness (QED) is 0.342. The fourth-order valence-corrected chi connectivity index (χ4v) is 0. The summed E-state index contributed by atoms with van der Waals surface area (Å²) in [4.78, 5) is 0. The molecule has 34 valence electrons. The second-order valence-corrected chi connectivity index (χ2v) is 0.632. The van der Waals surface area contributed by atoms with Crippen LogP contribution >= 0.6 is 0 Å². The Bertz CT molecular complexity index is 12.8. The van der Waals surface area contributed by atoms with E-state index < -0.39 is 0 Å². The Morgan fingerprint density at radius 3 is 1.67 bits per heavy atom. The second-order valence-electron chi connectivity index (χ2n) is 0.632. The van der Waals surface area contributed by atoms with Crippen LogP contribution in [0.25, 0.3) is 5.32 Å². The van der Waals surface area contributed by atoms with Gasteiger partial charge in [0, 0.05) is 0 Å². The number of nitrogens with zero attached hydrogens (tertiary/aromatic N) is 1. The van der Waals surface area contributed by atoms with Gasteiger partial charge in [-0.05, 0) is 0 Å². The SMILES string of the molecule is CC[N-]C.[Cl-].[Mg+2]. The predicted molar refractivity (Wildman–Crippen MR) is 25.6 cm³/mol. The van der Waals surface area contributed by atoms with Gasteiger partial charge in [0.1, 0.15) is 0 Å². The Morgan fingerprint density at radius 1 is 1.50 bits per heavy atom. The molecule has 1 nitrogen and oxygen atoms in total. The van der Waals surface area contributed by atoms with Gasteiger partial charge < -0.3 is 17.7 Å². The van der Waals surface area contributed by atoms with Gasteiger partial charge in [0.2, 0.25) is 0 Å². The molecule has 0 aromatic carbocycles. The van der Waals surface area contributed by atoms with Crippen molar-refractivity contribution in [2.24, 2.45) is 0 Å². The van der Waals surface area contributed by atoms with Crippen LogP contribution in [0.5, 0.6) is 0 Å². The maximum absolute atomic E-state index is 3.74. The summed E-state index contributed by atoms with van der Waals surface area (Å²) in [5.41, 5.74) is 0. The van der Waals surface area contributed by atoms with Gasteiger partial charge in [-0.3, -0.25) is 0 Å². The number of hydrogen-bond acceptors (Lipinski definition) is 0. The Hall–Kier alpha value is 1.02. The Labute approximate surface area is 61.4 Å². The Morgan fingerprint density at radius 2 is 1.67 bits per heavy atom.